The van der Waals surface area contributed by atoms with Gasteiger partial charge in [0.2, 0.25) is 5.82 Å². The van der Waals surface area contributed by atoms with Gasteiger partial charge in [-0.3, -0.25) is 9.59 Å². The van der Waals surface area contributed by atoms with Crippen LogP contribution in [0.4, 0.5) is 0 Å². The number of fused-ring (bicyclic) bond motifs is 2. The number of methoxy groups -OCH3 is 1. The molecule has 10 nitrogen and oxygen atoms in total. The normalized spacial score (nSPS) is 20.0. The first-order chi connectivity index (χ1) is 18.1. The van der Waals surface area contributed by atoms with Gasteiger partial charge in [-0.25, -0.2) is 0 Å². The van der Waals surface area contributed by atoms with E-state index in [-0.39, 0.29) is 42.6 Å². The molecule has 1 atom stereocenters. The number of aromatic nitrogens is 5. The molecule has 4 aromatic rings. The van der Waals surface area contributed by atoms with Crippen LogP contribution in [0.2, 0.25) is 0 Å². The number of benzene rings is 2. The first-order valence-corrected chi connectivity index (χ1v) is 12.6. The van der Waals surface area contributed by atoms with Crippen LogP contribution in [-0.2, 0) is 0 Å². The van der Waals surface area contributed by atoms with Gasteiger partial charge in [0.25, 0.3) is 0 Å². The molecular weight excluding hydrogens is 495 g/mol. The summed E-state index contributed by atoms with van der Waals surface area (Å²) in [7, 11) is 1.61. The Hall–Kier alpha value is -3.05. The monoisotopic (exact) mass is 522 g/mol. The van der Waals surface area contributed by atoms with Crippen molar-refractivity contribution in [1.82, 2.24) is 30.5 Å². The largest absolute Gasteiger partial charge is 1.00 e. The smallest absolute Gasteiger partial charge is 1.00 e. The number of piperidine rings is 1. The van der Waals surface area contributed by atoms with Crippen molar-refractivity contribution in [2.45, 2.75) is 37.3 Å². The minimum Gasteiger partial charge on any atom is -1.00 e. The fourth-order valence-corrected chi connectivity index (χ4v) is 5.88. The molecule has 1 aliphatic carbocycles. The molecule has 1 saturated carbocycles. The second-order valence-corrected chi connectivity index (χ2v) is 10.1. The van der Waals surface area contributed by atoms with Gasteiger partial charge in [-0.1, -0.05) is 0 Å². The number of carbonyl (C=O) groups excluding carboxylic acids is 2. The molecule has 0 unspecified atom stereocenters. The number of Topliss-reactive ketones (excluding diaryl/α,β-unsaturated/α-hetero) is 2. The standard InChI is InChI=1S/C27H26N6O4.Na.H/c1-36-22-14-16(13-20-18(22)6-11-33(20)17-3-4-17)24(34)23-25(35)19-12-15(26-29-31-32-30-26)2-5-21(19)37-27(23)7-9-28-10-8-27;;/h2,5-6,11-14,17,23,28H,3-4,7-10H2,1H3,(H,29,30,31,32);;/q;+1;-1/t23-;;/m1../s1. The molecule has 2 aromatic heterocycles. The number of nitrogens with zero attached hydrogens (tertiary/aromatic N) is 4. The first kappa shape index (κ1) is 25.2. The Labute approximate surface area is 242 Å². The Bertz CT molecular complexity index is 1550. The van der Waals surface area contributed by atoms with E-state index >= 15 is 0 Å². The Kier molecular flexibility index (Phi) is 6.38. The van der Waals surface area contributed by atoms with E-state index in [2.05, 4.69) is 36.7 Å². The zero-order valence-corrected chi connectivity index (χ0v) is 23.4. The maximum atomic E-state index is 14.3. The number of ketones is 2. The molecule has 190 valence electrons. The predicted octanol–water partition coefficient (Wildman–Crippen LogP) is 0.478. The minimum atomic E-state index is -0.978. The molecular formula is C27H27N6NaO4. The molecule has 2 N–H and O–H groups in total. The number of hydrogen-bond acceptors (Lipinski definition) is 8. The molecule has 2 aliphatic heterocycles. The van der Waals surface area contributed by atoms with Crippen molar-refractivity contribution >= 4 is 22.5 Å². The molecule has 0 radical (unpaired) electrons. The first-order valence-electron chi connectivity index (χ1n) is 12.6. The summed E-state index contributed by atoms with van der Waals surface area (Å²) in [5.74, 6) is 0.0228. The van der Waals surface area contributed by atoms with Crippen molar-refractivity contribution in [1.29, 1.82) is 0 Å². The van der Waals surface area contributed by atoms with Gasteiger partial charge in [0, 0.05) is 41.6 Å². The van der Waals surface area contributed by atoms with E-state index in [1.807, 2.05) is 12.1 Å². The third-order valence-corrected chi connectivity index (χ3v) is 7.91. The summed E-state index contributed by atoms with van der Waals surface area (Å²) in [5, 5.41) is 18.4. The van der Waals surface area contributed by atoms with E-state index in [1.54, 1.807) is 31.4 Å². The molecule has 11 heteroatoms. The summed E-state index contributed by atoms with van der Waals surface area (Å²) < 4.78 is 14.5. The molecule has 38 heavy (non-hydrogen) atoms. The van der Waals surface area contributed by atoms with E-state index < -0.39 is 11.5 Å². The molecule has 2 fully saturated rings. The Morgan fingerprint density at radius 2 is 2.00 bits per heavy atom. The van der Waals surface area contributed by atoms with Crippen LogP contribution in [-0.4, -0.2) is 62.6 Å². The number of aromatic amines is 1. The zero-order valence-electron chi connectivity index (χ0n) is 22.4. The van der Waals surface area contributed by atoms with Gasteiger partial charge in [-0.2, -0.15) is 5.21 Å². The van der Waals surface area contributed by atoms with Crippen LogP contribution in [0, 0.1) is 5.92 Å². The van der Waals surface area contributed by atoms with E-state index in [9.17, 15) is 9.59 Å². The van der Waals surface area contributed by atoms with Crippen LogP contribution in [0.1, 0.15) is 53.9 Å². The Morgan fingerprint density at radius 3 is 2.71 bits per heavy atom. The number of tetrazole rings is 1. The molecule has 1 saturated heterocycles. The molecule has 1 spiro atoms. The number of hydrogen-bond donors (Lipinski definition) is 2. The average molecular weight is 523 g/mol. The summed E-state index contributed by atoms with van der Waals surface area (Å²) in [5.41, 5.74) is 1.48. The maximum Gasteiger partial charge on any atom is 1.00 e. The summed E-state index contributed by atoms with van der Waals surface area (Å²) in [4.78, 5) is 28.5. The van der Waals surface area contributed by atoms with Crippen molar-refractivity contribution < 1.29 is 50.0 Å². The van der Waals surface area contributed by atoms with Gasteiger partial charge >= 0.3 is 29.6 Å². The van der Waals surface area contributed by atoms with Gasteiger partial charge in [0.15, 0.2) is 11.6 Å². The second-order valence-electron chi connectivity index (χ2n) is 10.1. The summed E-state index contributed by atoms with van der Waals surface area (Å²) >= 11 is 0. The van der Waals surface area contributed by atoms with Crippen LogP contribution < -0.4 is 44.3 Å². The predicted molar refractivity (Wildman–Crippen MR) is 135 cm³/mol. The van der Waals surface area contributed by atoms with Crippen molar-refractivity contribution in [2.24, 2.45) is 5.92 Å². The van der Waals surface area contributed by atoms with Crippen LogP contribution >= 0.6 is 0 Å². The molecule has 2 aromatic carbocycles. The van der Waals surface area contributed by atoms with Gasteiger partial charge in [0.1, 0.15) is 23.0 Å². The maximum absolute atomic E-state index is 14.3. The van der Waals surface area contributed by atoms with Crippen molar-refractivity contribution in [2.75, 3.05) is 20.2 Å². The van der Waals surface area contributed by atoms with E-state index in [0.717, 1.165) is 23.7 Å². The fraction of sp³-hybridized carbons (Fsp3) is 0.370. The molecule has 0 bridgehead atoms. The number of nitrogens with one attached hydrogen (secondary N) is 2. The van der Waals surface area contributed by atoms with Gasteiger partial charge in [-0.05, 0) is 67.5 Å². The number of rotatable bonds is 5. The SMILES string of the molecule is COc1cc(C(=O)[C@@H]2C(=O)c3cc(-c4nn[nH]n4)ccc3OC23CCNCC3)cc2c1ccn2C1CC1.[H-].[Na+]. The second kappa shape index (κ2) is 9.60. The Balaban J connectivity index is 0.00000154. The van der Waals surface area contributed by atoms with Crippen LogP contribution in [0.3, 0.4) is 0 Å². The average Bonchev–Trinajstić information content (AvgIpc) is 3.43. The summed E-state index contributed by atoms with van der Waals surface area (Å²) in [6, 6.07) is 11.4. The van der Waals surface area contributed by atoms with E-state index in [1.165, 1.54) is 0 Å². The third kappa shape index (κ3) is 3.98. The minimum absolute atomic E-state index is 0. The Morgan fingerprint density at radius 1 is 1.18 bits per heavy atom. The number of H-pyrrole nitrogens is 1. The summed E-state index contributed by atoms with van der Waals surface area (Å²) in [6.07, 6.45) is 5.40. The van der Waals surface area contributed by atoms with Gasteiger partial charge in [0.05, 0.1) is 18.2 Å². The van der Waals surface area contributed by atoms with Crippen LogP contribution in [0.5, 0.6) is 11.5 Å². The quantitative estimate of drug-likeness (QED) is 0.220. The van der Waals surface area contributed by atoms with Crippen molar-refractivity contribution in [3.05, 3.63) is 53.7 Å². The molecule has 7 rings (SSSR count). The van der Waals surface area contributed by atoms with E-state index in [0.29, 0.717) is 66.0 Å². The number of ether oxygens (including phenoxy) is 2. The zero-order chi connectivity index (χ0) is 25.1. The number of carbonyl (C=O) groups is 2. The third-order valence-electron chi connectivity index (χ3n) is 7.91. The molecule has 0 amide bonds. The molecule has 3 aliphatic rings. The topological polar surface area (TPSA) is 124 Å². The van der Waals surface area contributed by atoms with Crippen molar-refractivity contribution in [3.8, 4) is 22.9 Å². The summed E-state index contributed by atoms with van der Waals surface area (Å²) in [6.45, 7) is 1.33. The van der Waals surface area contributed by atoms with Gasteiger partial charge < -0.3 is 20.8 Å². The molecule has 4 heterocycles. The van der Waals surface area contributed by atoms with Gasteiger partial charge in [-0.15, -0.1) is 10.2 Å². The van der Waals surface area contributed by atoms with Crippen LogP contribution in [0.25, 0.3) is 22.3 Å². The van der Waals surface area contributed by atoms with Crippen molar-refractivity contribution in [3.63, 3.8) is 0 Å². The fourth-order valence-electron chi connectivity index (χ4n) is 5.88. The van der Waals surface area contributed by atoms with E-state index in [4.69, 9.17) is 9.47 Å². The van der Waals surface area contributed by atoms with Crippen LogP contribution in [0.15, 0.2) is 42.6 Å².